The van der Waals surface area contributed by atoms with Crippen LogP contribution in [0.25, 0.3) is 0 Å². The second kappa shape index (κ2) is 8.69. The first-order chi connectivity index (χ1) is 11.8. The summed E-state index contributed by atoms with van der Waals surface area (Å²) in [5.74, 6) is -1.09. The van der Waals surface area contributed by atoms with Crippen LogP contribution in [-0.4, -0.2) is 26.7 Å². The Labute approximate surface area is 158 Å². The third-order valence-electron chi connectivity index (χ3n) is 4.54. The molecule has 1 aromatic carbocycles. The summed E-state index contributed by atoms with van der Waals surface area (Å²) in [6, 6.07) is 4.01. The van der Waals surface area contributed by atoms with Crippen LogP contribution in [0, 0.1) is 0 Å². The maximum absolute atomic E-state index is 12.7. The van der Waals surface area contributed by atoms with Crippen LogP contribution in [0.5, 0.6) is 5.75 Å². The number of alkyl halides is 3. The largest absolute Gasteiger partial charge is 0.573 e. The van der Waals surface area contributed by atoms with Crippen molar-refractivity contribution < 1.29 is 27.4 Å². The minimum Gasteiger partial charge on any atom is -0.465 e. The predicted octanol–water partition coefficient (Wildman–Crippen LogP) is 6.64. The third kappa shape index (κ3) is 5.42. The Kier molecular flexibility index (Phi) is 7.65. The van der Waals surface area contributed by atoms with Gasteiger partial charge in [-0.1, -0.05) is 41.5 Å². The first-order valence-corrected chi connectivity index (χ1v) is 12.3. The molecule has 0 fully saturated rings. The fourth-order valence-corrected chi connectivity index (χ4v) is 12.8. The maximum Gasteiger partial charge on any atom is 0.573 e. The van der Waals surface area contributed by atoms with Gasteiger partial charge in [0.15, 0.2) is 0 Å². The summed E-state index contributed by atoms with van der Waals surface area (Å²) in [5, 5.41) is 0. The molecule has 0 unspecified atom stereocenters. The van der Waals surface area contributed by atoms with E-state index in [1.165, 1.54) is 13.2 Å². The molecule has 0 saturated carbocycles. The lowest BCUT2D eigenvalue weighted by atomic mass is 10.2. The summed E-state index contributed by atoms with van der Waals surface area (Å²) in [4.78, 5) is 12.5. The van der Waals surface area contributed by atoms with Gasteiger partial charge in [0.2, 0.25) is 0 Å². The molecule has 0 atom stereocenters. The van der Waals surface area contributed by atoms with Gasteiger partial charge in [0, 0.05) is 4.90 Å². The van der Waals surface area contributed by atoms with E-state index in [9.17, 15) is 18.0 Å². The number of ether oxygens (including phenoxy) is 2. The van der Waals surface area contributed by atoms with Crippen molar-refractivity contribution in [3.63, 3.8) is 0 Å². The van der Waals surface area contributed by atoms with Crippen LogP contribution >= 0.6 is 11.2 Å². The van der Waals surface area contributed by atoms with Gasteiger partial charge in [-0.05, 0) is 34.8 Å². The molecule has 0 spiro atoms. The summed E-state index contributed by atoms with van der Waals surface area (Å²) in [5.41, 5.74) is 1.26. The van der Waals surface area contributed by atoms with Crippen molar-refractivity contribution in [1.82, 2.24) is 0 Å². The van der Waals surface area contributed by atoms with E-state index in [4.69, 9.17) is 0 Å². The third-order valence-corrected chi connectivity index (χ3v) is 16.8. The molecule has 0 heterocycles. The van der Waals surface area contributed by atoms with Crippen LogP contribution in [0.3, 0.4) is 0 Å². The Balaban J connectivity index is 3.45. The van der Waals surface area contributed by atoms with Crippen molar-refractivity contribution in [1.29, 1.82) is 0 Å². The predicted molar refractivity (Wildman–Crippen MR) is 101 cm³/mol. The lowest BCUT2D eigenvalue weighted by Crippen LogP contribution is -2.41. The van der Waals surface area contributed by atoms with E-state index in [1.54, 1.807) is 17.3 Å². The highest BCUT2D eigenvalue weighted by Crippen LogP contribution is 2.52. The van der Waals surface area contributed by atoms with Gasteiger partial charge in [-0.3, -0.25) is 0 Å². The van der Waals surface area contributed by atoms with Crippen LogP contribution < -0.4 is 4.74 Å². The smallest absolute Gasteiger partial charge is 0.465 e. The quantitative estimate of drug-likeness (QED) is 0.374. The minimum absolute atomic E-state index is 0.0518. The molecule has 0 aromatic heterocycles. The van der Waals surface area contributed by atoms with E-state index in [1.807, 2.05) is 0 Å². The zero-order valence-corrected chi connectivity index (χ0v) is 18.0. The molecule has 0 aliphatic rings. The standard InChI is InChI=1S/C18H27F3O3SSi/c1-11(2)26(12(3)4,13(5)6)25-16-9-14(17(22)23-7)8-15(10-16)24-18(19,20)21/h8-13H,1-7H3. The zero-order chi connectivity index (χ0) is 20.3. The first-order valence-electron chi connectivity index (χ1n) is 8.51. The maximum atomic E-state index is 12.7. The number of halogens is 3. The number of hydrogen-bond donors (Lipinski definition) is 0. The Morgan fingerprint density at radius 1 is 1.00 bits per heavy atom. The van der Waals surface area contributed by atoms with Gasteiger partial charge in [-0.25, -0.2) is 4.79 Å². The van der Waals surface area contributed by atoms with E-state index in [0.717, 1.165) is 6.07 Å². The lowest BCUT2D eigenvalue weighted by Gasteiger charge is -2.42. The minimum atomic E-state index is -4.82. The van der Waals surface area contributed by atoms with E-state index < -0.39 is 25.3 Å². The van der Waals surface area contributed by atoms with Gasteiger partial charge in [0.05, 0.1) is 12.7 Å². The fraction of sp³-hybridized carbons (Fsp3) is 0.611. The van der Waals surface area contributed by atoms with Crippen molar-refractivity contribution in [2.24, 2.45) is 0 Å². The molecule has 0 saturated heterocycles. The summed E-state index contributed by atoms with van der Waals surface area (Å²) in [6.45, 7) is 13.0. The molecular weight excluding hydrogens is 381 g/mol. The number of methoxy groups -OCH3 is 1. The molecule has 8 heteroatoms. The summed E-state index contributed by atoms with van der Waals surface area (Å²) < 4.78 is 46.8. The summed E-state index contributed by atoms with van der Waals surface area (Å²) >= 11 is 1.63. The summed E-state index contributed by atoms with van der Waals surface area (Å²) in [7, 11) is -0.794. The first kappa shape index (κ1) is 22.9. The van der Waals surface area contributed by atoms with Crippen molar-refractivity contribution in [2.45, 2.75) is 69.4 Å². The SMILES string of the molecule is COC(=O)c1cc(OC(F)(F)F)cc(S[Si](C(C)C)(C(C)C)C(C)C)c1. The van der Waals surface area contributed by atoms with Crippen LogP contribution in [0.1, 0.15) is 51.9 Å². The van der Waals surface area contributed by atoms with E-state index >= 15 is 0 Å². The normalized spacial score (nSPS) is 12.8. The molecular formula is C18H27F3O3SSi. The van der Waals surface area contributed by atoms with Crippen LogP contribution in [0.4, 0.5) is 13.2 Å². The molecule has 0 aliphatic heterocycles. The number of carbonyl (C=O) groups excluding carboxylic acids is 1. The molecule has 0 aliphatic carbocycles. The Hall–Kier alpha value is -1.15. The number of rotatable bonds is 7. The molecule has 26 heavy (non-hydrogen) atoms. The van der Waals surface area contributed by atoms with Crippen molar-refractivity contribution in [3.8, 4) is 5.75 Å². The molecule has 0 amide bonds. The number of benzene rings is 1. The van der Waals surface area contributed by atoms with Gasteiger partial charge in [0.1, 0.15) is 13.0 Å². The number of carbonyl (C=O) groups is 1. The zero-order valence-electron chi connectivity index (χ0n) is 16.2. The van der Waals surface area contributed by atoms with Gasteiger partial charge in [0.25, 0.3) is 0 Å². The van der Waals surface area contributed by atoms with Crippen molar-refractivity contribution >= 4 is 24.4 Å². The van der Waals surface area contributed by atoms with Gasteiger partial charge in [-0.2, -0.15) is 0 Å². The second-order valence-corrected chi connectivity index (χ2v) is 15.7. The van der Waals surface area contributed by atoms with Gasteiger partial charge in [-0.15, -0.1) is 24.4 Å². The van der Waals surface area contributed by atoms with E-state index in [0.29, 0.717) is 21.5 Å². The van der Waals surface area contributed by atoms with Crippen LogP contribution in [-0.2, 0) is 4.74 Å². The van der Waals surface area contributed by atoms with Crippen molar-refractivity contribution in [3.05, 3.63) is 23.8 Å². The Morgan fingerprint density at radius 3 is 1.88 bits per heavy atom. The summed E-state index contributed by atoms with van der Waals surface area (Å²) in [6.07, 6.45) is -4.82. The highest BCUT2D eigenvalue weighted by Gasteiger charge is 2.44. The molecule has 3 nitrogen and oxygen atoms in total. The number of hydrogen-bond acceptors (Lipinski definition) is 4. The molecule has 148 valence electrons. The monoisotopic (exact) mass is 408 g/mol. The fourth-order valence-electron chi connectivity index (χ4n) is 3.62. The van der Waals surface area contributed by atoms with Crippen LogP contribution in [0.2, 0.25) is 16.6 Å². The average molecular weight is 409 g/mol. The second-order valence-electron chi connectivity index (χ2n) is 7.15. The van der Waals surface area contributed by atoms with Gasteiger partial charge >= 0.3 is 12.3 Å². The molecule has 0 N–H and O–H groups in total. The highest BCUT2D eigenvalue weighted by molar-refractivity contribution is 8.29. The molecule has 0 radical (unpaired) electrons. The van der Waals surface area contributed by atoms with Gasteiger partial charge < -0.3 is 9.47 Å². The average Bonchev–Trinajstić information content (AvgIpc) is 2.48. The van der Waals surface area contributed by atoms with Crippen molar-refractivity contribution in [2.75, 3.05) is 7.11 Å². The Morgan fingerprint density at radius 2 is 1.50 bits per heavy atom. The van der Waals surface area contributed by atoms with Crippen LogP contribution in [0.15, 0.2) is 23.1 Å². The van der Waals surface area contributed by atoms with E-state index in [2.05, 4.69) is 51.0 Å². The Bertz CT molecular complexity index is 609. The number of esters is 1. The molecule has 1 aromatic rings. The van der Waals surface area contributed by atoms with E-state index in [-0.39, 0.29) is 5.56 Å². The lowest BCUT2D eigenvalue weighted by molar-refractivity contribution is -0.274. The highest BCUT2D eigenvalue weighted by atomic mass is 32.4. The molecule has 0 bridgehead atoms. The topological polar surface area (TPSA) is 35.5 Å². The molecule has 1 rings (SSSR count).